The number of nitrogens with zero attached hydrogens (tertiary/aromatic N) is 4. The summed E-state index contributed by atoms with van der Waals surface area (Å²) in [4.78, 5) is 23.4. The van der Waals surface area contributed by atoms with E-state index < -0.39 is 0 Å². The quantitative estimate of drug-likeness (QED) is 0.678. The number of hydrogen-bond acceptors (Lipinski definition) is 5. The molecule has 0 unspecified atom stereocenters. The minimum Gasteiger partial charge on any atom is -0.370 e. The van der Waals surface area contributed by atoms with Crippen molar-refractivity contribution in [2.75, 3.05) is 24.6 Å². The molecule has 0 amide bonds. The molecule has 7 heteroatoms. The normalized spacial score (nSPS) is 16.5. The topological polar surface area (TPSA) is 60.2 Å². The Morgan fingerprint density at radius 1 is 1.11 bits per heavy atom. The fraction of sp³-hybridized carbons (Fsp3) is 0.286. The maximum absolute atomic E-state index is 12.5. The second-order valence-corrected chi connectivity index (χ2v) is 6.79. The second-order valence-electron chi connectivity index (χ2n) is 6.79. The first-order valence-electron chi connectivity index (χ1n) is 9.03. The zero-order valence-corrected chi connectivity index (χ0v) is 16.7. The van der Waals surface area contributed by atoms with E-state index in [9.17, 15) is 4.79 Å². The van der Waals surface area contributed by atoms with E-state index in [2.05, 4.69) is 41.1 Å². The van der Waals surface area contributed by atoms with E-state index in [0.29, 0.717) is 31.3 Å². The van der Waals surface area contributed by atoms with Crippen LogP contribution in [0.2, 0.25) is 0 Å². The molecule has 6 nitrogen and oxygen atoms in total. The smallest absolute Gasteiger partial charge is 0.255 e. The van der Waals surface area contributed by atoms with Crippen molar-refractivity contribution in [2.24, 2.45) is 7.05 Å². The highest BCUT2D eigenvalue weighted by atomic mass is 35.5. The first kappa shape index (κ1) is 20.0. The number of aromatic nitrogens is 3. The first-order valence-corrected chi connectivity index (χ1v) is 9.03. The van der Waals surface area contributed by atoms with Crippen molar-refractivity contribution in [2.45, 2.75) is 13.0 Å². The molecule has 1 atom stereocenters. The lowest BCUT2D eigenvalue weighted by Crippen LogP contribution is -2.41. The van der Waals surface area contributed by atoms with Crippen LogP contribution in [0.3, 0.4) is 0 Å². The fourth-order valence-corrected chi connectivity index (χ4v) is 3.29. The maximum atomic E-state index is 12.5. The predicted octanol–water partition coefficient (Wildman–Crippen LogP) is 3.15. The zero-order valence-electron chi connectivity index (χ0n) is 15.9. The maximum Gasteiger partial charge on any atom is 0.255 e. The van der Waals surface area contributed by atoms with E-state index in [1.54, 1.807) is 30.1 Å². The molecule has 3 heterocycles. The van der Waals surface area contributed by atoms with E-state index >= 15 is 0 Å². The van der Waals surface area contributed by atoms with Gasteiger partial charge in [0.25, 0.3) is 5.56 Å². The molecule has 0 saturated carbocycles. The van der Waals surface area contributed by atoms with Gasteiger partial charge in [-0.15, -0.1) is 12.4 Å². The van der Waals surface area contributed by atoms with Crippen LogP contribution in [0.15, 0.2) is 59.7 Å². The molecule has 4 rings (SSSR count). The van der Waals surface area contributed by atoms with Gasteiger partial charge in [-0.1, -0.05) is 29.8 Å². The predicted molar refractivity (Wildman–Crippen MR) is 112 cm³/mol. The van der Waals surface area contributed by atoms with Crippen LogP contribution in [-0.4, -0.2) is 34.2 Å². The van der Waals surface area contributed by atoms with Crippen LogP contribution in [0.1, 0.15) is 17.2 Å². The molecule has 0 bridgehead atoms. The third kappa shape index (κ3) is 4.08. The van der Waals surface area contributed by atoms with Gasteiger partial charge in [0, 0.05) is 37.6 Å². The summed E-state index contributed by atoms with van der Waals surface area (Å²) in [5, 5.41) is 0. The van der Waals surface area contributed by atoms with E-state index in [1.807, 2.05) is 12.1 Å². The highest BCUT2D eigenvalue weighted by Gasteiger charge is 2.25. The number of rotatable bonds is 3. The lowest BCUT2D eigenvalue weighted by Gasteiger charge is -2.34. The van der Waals surface area contributed by atoms with Crippen LogP contribution in [-0.2, 0) is 11.8 Å². The molecular formula is C21H23ClN4O2. The van der Waals surface area contributed by atoms with E-state index in [-0.39, 0.29) is 24.1 Å². The van der Waals surface area contributed by atoms with Crippen molar-refractivity contribution >= 4 is 18.4 Å². The molecule has 1 fully saturated rings. The molecule has 2 aromatic heterocycles. The van der Waals surface area contributed by atoms with Gasteiger partial charge in [0.2, 0.25) is 5.95 Å². The van der Waals surface area contributed by atoms with Crippen molar-refractivity contribution in [3.8, 4) is 11.3 Å². The lowest BCUT2D eigenvalue weighted by atomic mass is 10.1. The van der Waals surface area contributed by atoms with Gasteiger partial charge >= 0.3 is 0 Å². The largest absolute Gasteiger partial charge is 0.370 e. The number of halogens is 1. The third-order valence-corrected chi connectivity index (χ3v) is 4.89. The Bertz CT molecular complexity index is 990. The number of aryl methyl sites for hydroxylation is 1. The Labute approximate surface area is 170 Å². The van der Waals surface area contributed by atoms with Gasteiger partial charge in [-0.05, 0) is 24.6 Å². The average molecular weight is 399 g/mol. The first-order chi connectivity index (χ1) is 13.1. The van der Waals surface area contributed by atoms with Gasteiger partial charge in [0.05, 0.1) is 18.8 Å². The number of morpholine rings is 1. The summed E-state index contributed by atoms with van der Waals surface area (Å²) in [6, 6.07) is 13.7. The molecule has 146 valence electrons. The SMILES string of the molecule is Cc1ccc([C@@H]2CN(c3nc(-c4ccncc4)cc(=O)n3C)CCO2)cc1.Cl. The summed E-state index contributed by atoms with van der Waals surface area (Å²) >= 11 is 0. The Kier molecular flexibility index (Phi) is 6.11. The molecule has 0 radical (unpaired) electrons. The minimum atomic E-state index is -0.0785. The number of benzene rings is 1. The Morgan fingerprint density at radius 2 is 1.82 bits per heavy atom. The Hall–Kier alpha value is -2.70. The van der Waals surface area contributed by atoms with E-state index in [4.69, 9.17) is 9.72 Å². The van der Waals surface area contributed by atoms with Gasteiger partial charge < -0.3 is 9.64 Å². The van der Waals surface area contributed by atoms with Gasteiger partial charge in [-0.2, -0.15) is 0 Å². The summed E-state index contributed by atoms with van der Waals surface area (Å²) in [5.41, 5.74) is 3.83. The lowest BCUT2D eigenvalue weighted by molar-refractivity contribution is 0.0390. The highest BCUT2D eigenvalue weighted by molar-refractivity contribution is 5.85. The number of pyridine rings is 1. The van der Waals surface area contributed by atoms with Crippen molar-refractivity contribution < 1.29 is 4.74 Å². The third-order valence-electron chi connectivity index (χ3n) is 4.89. The number of anilines is 1. The summed E-state index contributed by atoms with van der Waals surface area (Å²) in [6.07, 6.45) is 3.37. The van der Waals surface area contributed by atoms with Crippen molar-refractivity contribution in [3.05, 3.63) is 76.3 Å². The molecule has 1 aliphatic rings. The van der Waals surface area contributed by atoms with Crippen LogP contribution >= 0.6 is 12.4 Å². The van der Waals surface area contributed by atoms with E-state index in [1.165, 1.54) is 5.56 Å². The van der Waals surface area contributed by atoms with Crippen LogP contribution in [0.25, 0.3) is 11.3 Å². The molecule has 28 heavy (non-hydrogen) atoms. The van der Waals surface area contributed by atoms with Gasteiger partial charge in [-0.25, -0.2) is 4.98 Å². The minimum absolute atomic E-state index is 0. The zero-order chi connectivity index (χ0) is 18.8. The van der Waals surface area contributed by atoms with Gasteiger partial charge in [0.1, 0.15) is 6.10 Å². The van der Waals surface area contributed by atoms with Crippen LogP contribution < -0.4 is 10.5 Å². The molecule has 1 saturated heterocycles. The molecule has 0 aliphatic carbocycles. The van der Waals surface area contributed by atoms with Crippen molar-refractivity contribution in [1.29, 1.82) is 0 Å². The Balaban J connectivity index is 0.00000225. The Morgan fingerprint density at radius 3 is 2.54 bits per heavy atom. The average Bonchev–Trinajstić information content (AvgIpc) is 2.71. The van der Waals surface area contributed by atoms with Gasteiger partial charge in [-0.3, -0.25) is 14.3 Å². The second kappa shape index (κ2) is 8.54. The summed E-state index contributed by atoms with van der Waals surface area (Å²) in [6.45, 7) is 4.02. The van der Waals surface area contributed by atoms with Gasteiger partial charge in [0.15, 0.2) is 0 Å². The summed E-state index contributed by atoms with van der Waals surface area (Å²) < 4.78 is 7.57. The number of hydrogen-bond donors (Lipinski definition) is 0. The molecule has 3 aromatic rings. The number of ether oxygens (including phenoxy) is 1. The van der Waals surface area contributed by atoms with Crippen molar-refractivity contribution in [3.63, 3.8) is 0 Å². The monoisotopic (exact) mass is 398 g/mol. The van der Waals surface area contributed by atoms with Crippen molar-refractivity contribution in [1.82, 2.24) is 14.5 Å². The molecule has 0 spiro atoms. The van der Waals surface area contributed by atoms with E-state index in [0.717, 1.165) is 11.1 Å². The molecule has 1 aromatic carbocycles. The molecule has 0 N–H and O–H groups in total. The summed E-state index contributed by atoms with van der Waals surface area (Å²) in [5.74, 6) is 0.662. The van der Waals surface area contributed by atoms with Crippen LogP contribution in [0, 0.1) is 6.92 Å². The van der Waals surface area contributed by atoms with Crippen LogP contribution in [0.5, 0.6) is 0 Å². The standard InChI is InChI=1S/C21H22N4O2.ClH/c1-15-3-5-17(6-4-15)19-14-25(11-12-27-19)21-23-18(13-20(26)24(21)2)16-7-9-22-10-8-16;/h3-10,13,19H,11-12,14H2,1-2H3;1H/t19-;/m0./s1. The summed E-state index contributed by atoms with van der Waals surface area (Å²) in [7, 11) is 1.76. The van der Waals surface area contributed by atoms with Crippen LogP contribution in [0.4, 0.5) is 5.95 Å². The molecule has 1 aliphatic heterocycles. The highest BCUT2D eigenvalue weighted by Crippen LogP contribution is 2.26. The molecular weight excluding hydrogens is 376 g/mol. The fourth-order valence-electron chi connectivity index (χ4n) is 3.29.